The van der Waals surface area contributed by atoms with E-state index in [1.165, 1.54) is 0 Å². The molecule has 1 N–H and O–H groups in total. The summed E-state index contributed by atoms with van der Waals surface area (Å²) < 4.78 is 5.53. The predicted molar refractivity (Wildman–Crippen MR) is 96.5 cm³/mol. The standard InChI is InChI=1S/C18H19NO3.C2H6.H2/c20-16(15-9-5-2-6-10-15)17-18(21)19(11-12-22-17)13-14-7-3-1-4-8-14;1-2;/h1-10,16-17,20H,11-13H2;1-2H3;1H/t16-,17+;;/m0../s1. The van der Waals surface area contributed by atoms with Gasteiger partial charge >= 0.3 is 0 Å². The number of benzene rings is 2. The average Bonchev–Trinajstić information content (AvgIpc) is 2.66. The van der Waals surface area contributed by atoms with Gasteiger partial charge in [0.1, 0.15) is 6.10 Å². The normalized spacial score (nSPS) is 18.5. The van der Waals surface area contributed by atoms with Crippen LogP contribution in [0.4, 0.5) is 0 Å². The van der Waals surface area contributed by atoms with Crippen molar-refractivity contribution < 1.29 is 16.1 Å². The Bertz CT molecular complexity index is 621. The summed E-state index contributed by atoms with van der Waals surface area (Å²) in [6.45, 7) is 5.53. The summed E-state index contributed by atoms with van der Waals surface area (Å²) in [7, 11) is 0. The van der Waals surface area contributed by atoms with Crippen molar-refractivity contribution in [1.29, 1.82) is 0 Å². The largest absolute Gasteiger partial charge is 0.385 e. The smallest absolute Gasteiger partial charge is 0.255 e. The molecule has 2 aromatic rings. The lowest BCUT2D eigenvalue weighted by Crippen LogP contribution is -2.49. The van der Waals surface area contributed by atoms with Crippen molar-refractivity contribution in [3.63, 3.8) is 0 Å². The summed E-state index contributed by atoms with van der Waals surface area (Å²) in [4.78, 5) is 14.3. The minimum absolute atomic E-state index is 0. The Morgan fingerprint density at radius 1 is 1.12 bits per heavy atom. The lowest BCUT2D eigenvalue weighted by atomic mass is 10.0. The van der Waals surface area contributed by atoms with Gasteiger partial charge in [0.2, 0.25) is 0 Å². The monoisotopic (exact) mass is 329 g/mol. The number of nitrogens with zero attached hydrogens (tertiary/aromatic N) is 1. The van der Waals surface area contributed by atoms with E-state index in [0.717, 1.165) is 5.56 Å². The van der Waals surface area contributed by atoms with Crippen LogP contribution in [0.1, 0.15) is 32.5 Å². The molecule has 0 bridgehead atoms. The van der Waals surface area contributed by atoms with E-state index >= 15 is 0 Å². The molecule has 1 amide bonds. The first-order valence-electron chi connectivity index (χ1n) is 8.43. The van der Waals surface area contributed by atoms with Crippen LogP contribution < -0.4 is 0 Å². The van der Waals surface area contributed by atoms with Crippen molar-refractivity contribution >= 4 is 5.91 Å². The molecule has 1 saturated heterocycles. The van der Waals surface area contributed by atoms with E-state index in [0.29, 0.717) is 25.3 Å². The Kier molecular flexibility index (Phi) is 6.97. The van der Waals surface area contributed by atoms with Gasteiger partial charge in [0.25, 0.3) is 5.91 Å². The van der Waals surface area contributed by atoms with Gasteiger partial charge in [-0.05, 0) is 11.1 Å². The van der Waals surface area contributed by atoms with Gasteiger partial charge in [0, 0.05) is 14.5 Å². The lowest BCUT2D eigenvalue weighted by Gasteiger charge is -2.34. The van der Waals surface area contributed by atoms with Crippen molar-refractivity contribution in [2.75, 3.05) is 13.2 Å². The minimum atomic E-state index is -0.938. The van der Waals surface area contributed by atoms with E-state index in [9.17, 15) is 9.90 Å². The fourth-order valence-electron chi connectivity index (χ4n) is 2.66. The molecular formula is C20H27NO3. The molecule has 0 unspecified atom stereocenters. The molecule has 1 fully saturated rings. The maximum Gasteiger partial charge on any atom is 0.255 e. The molecule has 0 saturated carbocycles. The Labute approximate surface area is 145 Å². The number of hydrogen-bond acceptors (Lipinski definition) is 3. The molecule has 130 valence electrons. The van der Waals surface area contributed by atoms with E-state index in [4.69, 9.17) is 4.74 Å². The van der Waals surface area contributed by atoms with Crippen LogP contribution in [-0.2, 0) is 16.1 Å². The second kappa shape index (κ2) is 9.21. The molecule has 1 aliphatic rings. The third-order valence-corrected chi connectivity index (χ3v) is 3.86. The molecule has 0 aliphatic carbocycles. The maximum absolute atomic E-state index is 12.6. The van der Waals surface area contributed by atoms with Crippen LogP contribution in [0.3, 0.4) is 0 Å². The van der Waals surface area contributed by atoms with Crippen LogP contribution in [0.5, 0.6) is 0 Å². The van der Waals surface area contributed by atoms with E-state index in [2.05, 4.69) is 0 Å². The Balaban J connectivity index is 0.00000101. The number of aliphatic hydroxyl groups is 1. The van der Waals surface area contributed by atoms with E-state index < -0.39 is 12.2 Å². The summed E-state index contributed by atoms with van der Waals surface area (Å²) in [6.07, 6.45) is -1.77. The summed E-state index contributed by atoms with van der Waals surface area (Å²) in [6, 6.07) is 19.0. The molecule has 1 heterocycles. The fraction of sp³-hybridized carbons (Fsp3) is 0.350. The number of rotatable bonds is 4. The van der Waals surface area contributed by atoms with Gasteiger partial charge in [-0.1, -0.05) is 74.5 Å². The molecule has 4 heteroatoms. The molecule has 2 atom stereocenters. The van der Waals surface area contributed by atoms with E-state index in [1.807, 2.05) is 62.4 Å². The Hall–Kier alpha value is -2.17. The van der Waals surface area contributed by atoms with E-state index in [-0.39, 0.29) is 7.33 Å². The van der Waals surface area contributed by atoms with E-state index in [1.54, 1.807) is 17.0 Å². The first-order valence-corrected chi connectivity index (χ1v) is 8.43. The van der Waals surface area contributed by atoms with Gasteiger partial charge in [0.05, 0.1) is 6.61 Å². The highest BCUT2D eigenvalue weighted by Gasteiger charge is 2.35. The van der Waals surface area contributed by atoms with Crippen LogP contribution in [0.25, 0.3) is 0 Å². The van der Waals surface area contributed by atoms with Crippen molar-refractivity contribution in [2.24, 2.45) is 0 Å². The highest BCUT2D eigenvalue weighted by atomic mass is 16.5. The zero-order valence-electron chi connectivity index (χ0n) is 14.3. The van der Waals surface area contributed by atoms with Gasteiger partial charge in [-0.25, -0.2) is 0 Å². The first-order chi connectivity index (χ1) is 11.8. The van der Waals surface area contributed by atoms with Crippen LogP contribution in [-0.4, -0.2) is 35.2 Å². The quantitative estimate of drug-likeness (QED) is 0.935. The Morgan fingerprint density at radius 3 is 2.33 bits per heavy atom. The molecule has 0 radical (unpaired) electrons. The number of ether oxygens (including phenoxy) is 1. The zero-order valence-corrected chi connectivity index (χ0v) is 14.3. The van der Waals surface area contributed by atoms with Gasteiger partial charge < -0.3 is 14.7 Å². The highest BCUT2D eigenvalue weighted by molar-refractivity contribution is 5.82. The zero-order chi connectivity index (χ0) is 17.4. The predicted octanol–water partition coefficient (Wildman–Crippen LogP) is 3.42. The van der Waals surface area contributed by atoms with Crippen molar-refractivity contribution in [3.05, 3.63) is 71.8 Å². The number of aliphatic hydroxyl groups excluding tert-OH is 1. The molecule has 0 spiro atoms. The average molecular weight is 329 g/mol. The van der Waals surface area contributed by atoms with Crippen molar-refractivity contribution in [2.45, 2.75) is 32.6 Å². The molecule has 3 rings (SSSR count). The molecule has 24 heavy (non-hydrogen) atoms. The SMILES string of the molecule is CC.O=C1[C@@H]([C@@H](O)c2ccccc2)OCCN1Cc1ccccc1.[HH]. The van der Waals surface area contributed by atoms with Crippen LogP contribution in [0, 0.1) is 0 Å². The van der Waals surface area contributed by atoms with Gasteiger partial charge in [-0.2, -0.15) is 0 Å². The summed E-state index contributed by atoms with van der Waals surface area (Å²) in [5.41, 5.74) is 1.77. The topological polar surface area (TPSA) is 49.8 Å². The number of carbonyl (C=O) groups excluding carboxylic acids is 1. The first kappa shape index (κ1) is 18.2. The van der Waals surface area contributed by atoms with Crippen LogP contribution in [0.2, 0.25) is 0 Å². The number of hydrogen-bond donors (Lipinski definition) is 1. The van der Waals surface area contributed by atoms with Gasteiger partial charge in [-0.15, -0.1) is 0 Å². The molecule has 2 aromatic carbocycles. The minimum Gasteiger partial charge on any atom is -0.385 e. The second-order valence-corrected chi connectivity index (χ2v) is 5.39. The van der Waals surface area contributed by atoms with Gasteiger partial charge in [0.15, 0.2) is 6.10 Å². The summed E-state index contributed by atoms with van der Waals surface area (Å²) in [5.74, 6) is -0.161. The van der Waals surface area contributed by atoms with Crippen LogP contribution >= 0.6 is 0 Å². The maximum atomic E-state index is 12.6. The third-order valence-electron chi connectivity index (χ3n) is 3.86. The molecule has 0 aromatic heterocycles. The number of morpholine rings is 1. The summed E-state index contributed by atoms with van der Waals surface area (Å²) >= 11 is 0. The summed E-state index contributed by atoms with van der Waals surface area (Å²) in [5, 5.41) is 10.4. The van der Waals surface area contributed by atoms with Crippen molar-refractivity contribution in [1.82, 2.24) is 4.90 Å². The third kappa shape index (κ3) is 4.43. The lowest BCUT2D eigenvalue weighted by molar-refractivity contribution is -0.164. The highest BCUT2D eigenvalue weighted by Crippen LogP contribution is 2.24. The van der Waals surface area contributed by atoms with Crippen LogP contribution in [0.15, 0.2) is 60.7 Å². The Morgan fingerprint density at radius 2 is 1.71 bits per heavy atom. The fourth-order valence-corrected chi connectivity index (χ4v) is 2.66. The van der Waals surface area contributed by atoms with Crippen molar-refractivity contribution in [3.8, 4) is 0 Å². The molecule has 1 aliphatic heterocycles. The molecular weight excluding hydrogens is 302 g/mol. The molecule has 4 nitrogen and oxygen atoms in total. The number of carbonyl (C=O) groups is 1. The van der Waals surface area contributed by atoms with Gasteiger partial charge in [-0.3, -0.25) is 4.79 Å². The second-order valence-electron chi connectivity index (χ2n) is 5.39. The number of amides is 1.